The van der Waals surface area contributed by atoms with Crippen LogP contribution in [0.1, 0.15) is 30.4 Å². The fourth-order valence-corrected chi connectivity index (χ4v) is 3.37. The molecule has 0 bridgehead atoms. The van der Waals surface area contributed by atoms with E-state index in [1.165, 1.54) is 0 Å². The number of hydrogen-bond donors (Lipinski definition) is 1. The van der Waals surface area contributed by atoms with Crippen LogP contribution in [0.2, 0.25) is 0 Å². The summed E-state index contributed by atoms with van der Waals surface area (Å²) >= 11 is 0. The van der Waals surface area contributed by atoms with Crippen molar-refractivity contribution in [3.8, 4) is 17.2 Å². The number of anilines is 1. The lowest BCUT2D eigenvalue weighted by Gasteiger charge is -2.36. The summed E-state index contributed by atoms with van der Waals surface area (Å²) < 4.78 is 16.7. The SMILES string of the molecule is CN(C)c1ccc([C@H]2C[C@](C)(O)Oc3cc4c(cc32)OCO4)cc1. The number of hydrogen-bond acceptors (Lipinski definition) is 5. The second-order valence-electron chi connectivity index (χ2n) is 6.76. The van der Waals surface area contributed by atoms with Crippen molar-refractivity contribution in [1.82, 2.24) is 0 Å². The minimum Gasteiger partial charge on any atom is -0.462 e. The van der Waals surface area contributed by atoms with Crippen LogP contribution in [0.5, 0.6) is 17.2 Å². The molecule has 0 spiro atoms. The standard InChI is InChI=1S/C19H21NO4/c1-19(21)10-15(12-4-6-13(7-5-12)20(2)3)14-8-17-18(23-11-22-17)9-16(14)24-19/h4-9,15,21H,10-11H2,1-3H3/t15-,19-/m1/s1. The molecular formula is C19H21NO4. The van der Waals surface area contributed by atoms with Gasteiger partial charge in [0.05, 0.1) is 0 Å². The van der Waals surface area contributed by atoms with Crippen LogP contribution < -0.4 is 19.1 Å². The first-order chi connectivity index (χ1) is 11.4. The monoisotopic (exact) mass is 327 g/mol. The zero-order chi connectivity index (χ0) is 16.9. The van der Waals surface area contributed by atoms with Gasteiger partial charge in [0.1, 0.15) is 5.75 Å². The van der Waals surface area contributed by atoms with Crippen molar-refractivity contribution in [1.29, 1.82) is 0 Å². The molecule has 2 aliphatic heterocycles. The van der Waals surface area contributed by atoms with E-state index in [0.717, 1.165) is 22.6 Å². The normalized spacial score (nSPS) is 24.2. The fourth-order valence-electron chi connectivity index (χ4n) is 3.37. The Morgan fingerprint density at radius 1 is 1.04 bits per heavy atom. The molecule has 0 fully saturated rings. The van der Waals surface area contributed by atoms with Crippen LogP contribution in [-0.4, -0.2) is 31.8 Å². The summed E-state index contributed by atoms with van der Waals surface area (Å²) in [7, 11) is 4.04. The molecule has 2 heterocycles. The van der Waals surface area contributed by atoms with Gasteiger partial charge in [-0.15, -0.1) is 0 Å². The summed E-state index contributed by atoms with van der Waals surface area (Å²) in [6.45, 7) is 1.92. The first-order valence-electron chi connectivity index (χ1n) is 8.05. The molecular weight excluding hydrogens is 306 g/mol. The predicted octanol–water partition coefficient (Wildman–Crippen LogP) is 3.10. The van der Waals surface area contributed by atoms with Gasteiger partial charge in [-0.05, 0) is 23.8 Å². The van der Waals surface area contributed by atoms with E-state index in [0.29, 0.717) is 17.9 Å². The molecule has 0 saturated carbocycles. The highest BCUT2D eigenvalue weighted by Gasteiger charge is 2.38. The van der Waals surface area contributed by atoms with E-state index in [2.05, 4.69) is 29.2 Å². The first-order valence-corrected chi connectivity index (χ1v) is 8.05. The summed E-state index contributed by atoms with van der Waals surface area (Å²) in [4.78, 5) is 2.07. The van der Waals surface area contributed by atoms with Gasteiger partial charge in [0.15, 0.2) is 11.5 Å². The number of fused-ring (bicyclic) bond motifs is 2. The Labute approximate surface area is 141 Å². The van der Waals surface area contributed by atoms with Crippen LogP contribution >= 0.6 is 0 Å². The molecule has 2 aliphatic rings. The molecule has 24 heavy (non-hydrogen) atoms. The maximum atomic E-state index is 10.5. The molecule has 0 aromatic heterocycles. The highest BCUT2D eigenvalue weighted by molar-refractivity contribution is 5.57. The quantitative estimate of drug-likeness (QED) is 0.918. The van der Waals surface area contributed by atoms with Gasteiger partial charge in [-0.3, -0.25) is 0 Å². The van der Waals surface area contributed by atoms with Crippen molar-refractivity contribution in [2.24, 2.45) is 0 Å². The van der Waals surface area contributed by atoms with Gasteiger partial charge in [0.2, 0.25) is 12.6 Å². The van der Waals surface area contributed by atoms with Gasteiger partial charge in [-0.1, -0.05) is 12.1 Å². The Morgan fingerprint density at radius 3 is 2.38 bits per heavy atom. The van der Waals surface area contributed by atoms with Gasteiger partial charge in [-0.2, -0.15) is 0 Å². The van der Waals surface area contributed by atoms with E-state index >= 15 is 0 Å². The Bertz CT molecular complexity index is 768. The van der Waals surface area contributed by atoms with E-state index in [9.17, 15) is 5.11 Å². The molecule has 0 radical (unpaired) electrons. The highest BCUT2D eigenvalue weighted by Crippen LogP contribution is 2.48. The van der Waals surface area contributed by atoms with Crippen LogP contribution in [0.15, 0.2) is 36.4 Å². The van der Waals surface area contributed by atoms with Gasteiger partial charge in [0.25, 0.3) is 0 Å². The fraction of sp³-hybridized carbons (Fsp3) is 0.368. The molecule has 126 valence electrons. The minimum absolute atomic E-state index is 0.0365. The first kappa shape index (κ1) is 15.1. The molecule has 2 aromatic carbocycles. The lowest BCUT2D eigenvalue weighted by Crippen LogP contribution is -2.38. The maximum Gasteiger partial charge on any atom is 0.231 e. The topological polar surface area (TPSA) is 51.2 Å². The molecule has 5 nitrogen and oxygen atoms in total. The average molecular weight is 327 g/mol. The largest absolute Gasteiger partial charge is 0.462 e. The molecule has 0 amide bonds. The van der Waals surface area contributed by atoms with E-state index in [-0.39, 0.29) is 12.7 Å². The summed E-state index contributed by atoms with van der Waals surface area (Å²) in [5.74, 6) is 0.861. The number of rotatable bonds is 2. The van der Waals surface area contributed by atoms with Crippen molar-refractivity contribution in [2.45, 2.75) is 25.0 Å². The molecule has 0 aliphatic carbocycles. The van der Waals surface area contributed by atoms with Gasteiger partial charge in [-0.25, -0.2) is 0 Å². The van der Waals surface area contributed by atoms with Crippen molar-refractivity contribution in [3.05, 3.63) is 47.5 Å². The number of ether oxygens (including phenoxy) is 3. The van der Waals surface area contributed by atoms with Gasteiger partial charge in [0, 0.05) is 50.7 Å². The van der Waals surface area contributed by atoms with Crippen LogP contribution in [0.3, 0.4) is 0 Å². The number of nitrogens with zero attached hydrogens (tertiary/aromatic N) is 1. The smallest absolute Gasteiger partial charge is 0.231 e. The van der Waals surface area contributed by atoms with E-state index < -0.39 is 5.79 Å². The van der Waals surface area contributed by atoms with E-state index in [1.54, 1.807) is 6.92 Å². The summed E-state index contributed by atoms with van der Waals surface area (Å²) in [6.07, 6.45) is 0.487. The Balaban J connectivity index is 1.78. The summed E-state index contributed by atoms with van der Waals surface area (Å²) in [5, 5.41) is 10.5. The Kier molecular flexibility index (Phi) is 3.35. The highest BCUT2D eigenvalue weighted by atomic mass is 16.7. The van der Waals surface area contributed by atoms with Crippen LogP contribution in [0, 0.1) is 0 Å². The Morgan fingerprint density at radius 2 is 1.71 bits per heavy atom. The molecule has 4 rings (SSSR count). The molecule has 0 saturated heterocycles. The zero-order valence-electron chi connectivity index (χ0n) is 14.1. The maximum absolute atomic E-state index is 10.5. The summed E-state index contributed by atoms with van der Waals surface area (Å²) in [5.41, 5.74) is 3.30. The average Bonchev–Trinajstić information content (AvgIpc) is 2.98. The van der Waals surface area contributed by atoms with Crippen molar-refractivity contribution < 1.29 is 19.3 Å². The van der Waals surface area contributed by atoms with Crippen LogP contribution in [0.25, 0.3) is 0 Å². The lowest BCUT2D eigenvalue weighted by atomic mass is 9.83. The van der Waals surface area contributed by atoms with Crippen molar-refractivity contribution >= 4 is 5.69 Å². The molecule has 1 N–H and O–H groups in total. The third-order valence-corrected chi connectivity index (χ3v) is 4.60. The molecule has 5 heteroatoms. The van der Waals surface area contributed by atoms with Crippen LogP contribution in [0.4, 0.5) is 5.69 Å². The predicted molar refractivity (Wildman–Crippen MR) is 91.0 cm³/mol. The number of aliphatic hydroxyl groups is 1. The Hall–Kier alpha value is -2.40. The second kappa shape index (κ2) is 5.31. The molecule has 2 aromatic rings. The molecule has 0 unspecified atom stereocenters. The van der Waals surface area contributed by atoms with Gasteiger partial charge >= 0.3 is 0 Å². The minimum atomic E-state index is -1.22. The number of benzene rings is 2. The van der Waals surface area contributed by atoms with Crippen molar-refractivity contribution in [2.75, 3.05) is 25.8 Å². The third kappa shape index (κ3) is 2.55. The van der Waals surface area contributed by atoms with E-state index in [4.69, 9.17) is 14.2 Å². The van der Waals surface area contributed by atoms with Crippen molar-refractivity contribution in [3.63, 3.8) is 0 Å². The van der Waals surface area contributed by atoms with Crippen LogP contribution in [-0.2, 0) is 0 Å². The molecule has 2 atom stereocenters. The zero-order valence-corrected chi connectivity index (χ0v) is 14.1. The summed E-state index contributed by atoms with van der Waals surface area (Å²) in [6, 6.07) is 12.2. The van der Waals surface area contributed by atoms with Gasteiger partial charge < -0.3 is 24.2 Å². The second-order valence-corrected chi connectivity index (χ2v) is 6.76. The van der Waals surface area contributed by atoms with E-state index in [1.807, 2.05) is 26.2 Å². The third-order valence-electron chi connectivity index (χ3n) is 4.60. The lowest BCUT2D eigenvalue weighted by molar-refractivity contribution is -0.137.